The van der Waals surface area contributed by atoms with Crippen LogP contribution in [0.2, 0.25) is 0 Å². The highest BCUT2D eigenvalue weighted by Gasteiger charge is 2.26. The maximum Gasteiger partial charge on any atom is 0.160 e. The van der Waals surface area contributed by atoms with Crippen molar-refractivity contribution in [1.29, 1.82) is 0 Å². The van der Waals surface area contributed by atoms with Crippen molar-refractivity contribution in [2.45, 2.75) is 25.4 Å². The van der Waals surface area contributed by atoms with E-state index < -0.39 is 0 Å². The number of anilines is 1. The second-order valence-corrected chi connectivity index (χ2v) is 7.22. The first-order valence-electron chi connectivity index (χ1n) is 9.49. The predicted molar refractivity (Wildman–Crippen MR) is 105 cm³/mol. The summed E-state index contributed by atoms with van der Waals surface area (Å²) in [6.45, 7) is 1.79. The van der Waals surface area contributed by atoms with Crippen LogP contribution in [-0.4, -0.2) is 44.0 Å². The third-order valence-electron chi connectivity index (χ3n) is 5.40. The number of hydrogen-bond donors (Lipinski definition) is 1. The van der Waals surface area contributed by atoms with Crippen LogP contribution in [0, 0.1) is 5.92 Å². The molecule has 1 saturated heterocycles. The first-order chi connectivity index (χ1) is 13.2. The molecular formula is C21H25N5O. The van der Waals surface area contributed by atoms with Gasteiger partial charge in [0.2, 0.25) is 0 Å². The Morgan fingerprint density at radius 1 is 1.07 bits per heavy atom. The van der Waals surface area contributed by atoms with Gasteiger partial charge in [-0.25, -0.2) is 4.98 Å². The molecule has 1 aliphatic rings. The number of aliphatic hydroxyl groups excluding tert-OH is 1. The molecule has 0 amide bonds. The SMILES string of the molecule is Cn1ccnc1-c1ccc(N2CCC([C@H](O)Cc3ccccc3)CC2)nn1. The standard InChI is InChI=1S/C21H25N5O/c1-25-14-11-22-21(25)18-7-8-20(24-23-18)26-12-9-17(10-13-26)19(27)15-16-5-3-2-4-6-16/h2-8,11,14,17,19,27H,9-10,12-13,15H2,1H3/t19-/m1/s1. The highest BCUT2D eigenvalue weighted by molar-refractivity contribution is 5.51. The summed E-state index contributed by atoms with van der Waals surface area (Å²) >= 11 is 0. The largest absolute Gasteiger partial charge is 0.392 e. The van der Waals surface area contributed by atoms with Crippen LogP contribution in [0.15, 0.2) is 54.9 Å². The van der Waals surface area contributed by atoms with Gasteiger partial charge in [0.1, 0.15) is 5.69 Å². The number of rotatable bonds is 5. The molecule has 0 aliphatic carbocycles. The second kappa shape index (κ2) is 7.88. The Hall–Kier alpha value is -2.73. The molecule has 0 radical (unpaired) electrons. The second-order valence-electron chi connectivity index (χ2n) is 7.22. The van der Waals surface area contributed by atoms with Crippen molar-refractivity contribution in [3.63, 3.8) is 0 Å². The summed E-state index contributed by atoms with van der Waals surface area (Å²) in [6.07, 6.45) is 6.04. The summed E-state index contributed by atoms with van der Waals surface area (Å²) in [5, 5.41) is 19.3. The number of piperidine rings is 1. The fourth-order valence-electron chi connectivity index (χ4n) is 3.76. The van der Waals surface area contributed by atoms with Crippen molar-refractivity contribution in [2.75, 3.05) is 18.0 Å². The minimum absolute atomic E-state index is 0.286. The number of hydrogen-bond acceptors (Lipinski definition) is 5. The number of benzene rings is 1. The smallest absolute Gasteiger partial charge is 0.160 e. The van der Waals surface area contributed by atoms with E-state index in [0.29, 0.717) is 5.92 Å². The minimum atomic E-state index is -0.286. The zero-order valence-electron chi connectivity index (χ0n) is 15.6. The molecule has 3 aromatic rings. The summed E-state index contributed by atoms with van der Waals surface area (Å²) in [5.41, 5.74) is 1.97. The lowest BCUT2D eigenvalue weighted by molar-refractivity contribution is 0.0929. The number of nitrogens with zero attached hydrogens (tertiary/aromatic N) is 5. The van der Waals surface area contributed by atoms with Gasteiger partial charge < -0.3 is 14.6 Å². The average Bonchev–Trinajstić information content (AvgIpc) is 3.15. The highest BCUT2D eigenvalue weighted by Crippen LogP contribution is 2.26. The summed E-state index contributed by atoms with van der Waals surface area (Å²) < 4.78 is 1.93. The first-order valence-corrected chi connectivity index (χ1v) is 9.49. The van der Waals surface area contributed by atoms with Crippen molar-refractivity contribution in [2.24, 2.45) is 13.0 Å². The van der Waals surface area contributed by atoms with Crippen molar-refractivity contribution in [3.05, 3.63) is 60.4 Å². The Morgan fingerprint density at radius 2 is 1.85 bits per heavy atom. The van der Waals surface area contributed by atoms with E-state index in [0.717, 1.165) is 49.7 Å². The Kier molecular flexibility index (Phi) is 5.16. The van der Waals surface area contributed by atoms with E-state index >= 15 is 0 Å². The van der Waals surface area contributed by atoms with Crippen molar-refractivity contribution in [3.8, 4) is 11.5 Å². The van der Waals surface area contributed by atoms with E-state index in [1.165, 1.54) is 5.56 Å². The van der Waals surface area contributed by atoms with Crippen LogP contribution >= 0.6 is 0 Å². The zero-order chi connectivity index (χ0) is 18.6. The Morgan fingerprint density at radius 3 is 2.48 bits per heavy atom. The van der Waals surface area contributed by atoms with Gasteiger partial charge in [0.15, 0.2) is 11.6 Å². The van der Waals surface area contributed by atoms with Gasteiger partial charge in [0.25, 0.3) is 0 Å². The first kappa shape index (κ1) is 17.7. The Labute approximate surface area is 159 Å². The molecule has 0 bridgehead atoms. The molecule has 1 aromatic carbocycles. The van der Waals surface area contributed by atoms with Gasteiger partial charge in [-0.05, 0) is 42.9 Å². The number of aromatic nitrogens is 4. The van der Waals surface area contributed by atoms with Crippen LogP contribution in [0.25, 0.3) is 11.5 Å². The van der Waals surface area contributed by atoms with Gasteiger partial charge in [0, 0.05) is 32.5 Å². The molecule has 2 aromatic heterocycles. The van der Waals surface area contributed by atoms with Gasteiger partial charge >= 0.3 is 0 Å². The summed E-state index contributed by atoms with van der Waals surface area (Å²) in [5.74, 6) is 2.04. The molecule has 0 spiro atoms. The normalized spacial score (nSPS) is 16.4. The lowest BCUT2D eigenvalue weighted by atomic mass is 9.88. The van der Waals surface area contributed by atoms with E-state index in [2.05, 4.69) is 32.2 Å². The van der Waals surface area contributed by atoms with Crippen molar-refractivity contribution < 1.29 is 5.11 Å². The Balaban J connectivity index is 1.34. The maximum absolute atomic E-state index is 10.6. The molecular weight excluding hydrogens is 338 g/mol. The van der Waals surface area contributed by atoms with Gasteiger partial charge in [-0.3, -0.25) is 0 Å². The molecule has 1 aliphatic heterocycles. The highest BCUT2D eigenvalue weighted by atomic mass is 16.3. The van der Waals surface area contributed by atoms with E-state index in [1.54, 1.807) is 6.20 Å². The molecule has 4 rings (SSSR count). The molecule has 1 N–H and O–H groups in total. The molecule has 0 saturated carbocycles. The minimum Gasteiger partial charge on any atom is -0.392 e. The molecule has 0 unspecified atom stereocenters. The van der Waals surface area contributed by atoms with Crippen molar-refractivity contribution >= 4 is 5.82 Å². The number of imidazole rings is 1. The molecule has 140 valence electrons. The van der Waals surface area contributed by atoms with Crippen LogP contribution in [-0.2, 0) is 13.5 Å². The number of aliphatic hydroxyl groups is 1. The van der Waals surface area contributed by atoms with Crippen LogP contribution < -0.4 is 4.90 Å². The molecule has 6 heteroatoms. The van der Waals surface area contributed by atoms with E-state index in [1.807, 2.05) is 48.1 Å². The van der Waals surface area contributed by atoms with Crippen LogP contribution in [0.4, 0.5) is 5.82 Å². The van der Waals surface area contributed by atoms with Gasteiger partial charge in [-0.1, -0.05) is 30.3 Å². The van der Waals surface area contributed by atoms with Crippen LogP contribution in [0.1, 0.15) is 18.4 Å². The van der Waals surface area contributed by atoms with Gasteiger partial charge in [0.05, 0.1) is 6.10 Å². The van der Waals surface area contributed by atoms with Crippen LogP contribution in [0.3, 0.4) is 0 Å². The lowest BCUT2D eigenvalue weighted by Crippen LogP contribution is -2.39. The quantitative estimate of drug-likeness (QED) is 0.755. The fourth-order valence-corrected chi connectivity index (χ4v) is 3.76. The average molecular weight is 363 g/mol. The third kappa shape index (κ3) is 4.01. The van der Waals surface area contributed by atoms with Gasteiger partial charge in [-0.2, -0.15) is 0 Å². The molecule has 1 fully saturated rings. The molecule has 6 nitrogen and oxygen atoms in total. The zero-order valence-corrected chi connectivity index (χ0v) is 15.6. The molecule has 1 atom stereocenters. The predicted octanol–water partition coefficient (Wildman–Crippen LogP) is 2.70. The monoisotopic (exact) mass is 363 g/mol. The van der Waals surface area contributed by atoms with Crippen LogP contribution in [0.5, 0.6) is 0 Å². The molecule has 27 heavy (non-hydrogen) atoms. The summed E-state index contributed by atoms with van der Waals surface area (Å²) in [7, 11) is 1.95. The topological polar surface area (TPSA) is 67.1 Å². The van der Waals surface area contributed by atoms with Gasteiger partial charge in [-0.15, -0.1) is 10.2 Å². The maximum atomic E-state index is 10.6. The van der Waals surface area contributed by atoms with Crippen molar-refractivity contribution in [1.82, 2.24) is 19.7 Å². The number of aryl methyl sites for hydroxylation is 1. The Bertz CT molecular complexity index is 854. The lowest BCUT2D eigenvalue weighted by Gasteiger charge is -2.34. The van der Waals surface area contributed by atoms with E-state index in [4.69, 9.17) is 0 Å². The summed E-state index contributed by atoms with van der Waals surface area (Å²) in [4.78, 5) is 6.56. The van der Waals surface area contributed by atoms with E-state index in [-0.39, 0.29) is 6.10 Å². The third-order valence-corrected chi connectivity index (χ3v) is 5.40. The fraction of sp³-hybridized carbons (Fsp3) is 0.381. The molecule has 3 heterocycles. The summed E-state index contributed by atoms with van der Waals surface area (Å²) in [6, 6.07) is 14.2. The van der Waals surface area contributed by atoms with E-state index in [9.17, 15) is 5.11 Å².